The zero-order chi connectivity index (χ0) is 12.0. The molecule has 0 spiro atoms. The van der Waals surface area contributed by atoms with Gasteiger partial charge in [-0.3, -0.25) is 0 Å². The van der Waals surface area contributed by atoms with Crippen LogP contribution in [0.1, 0.15) is 24.4 Å². The van der Waals surface area contributed by atoms with Crippen molar-refractivity contribution in [2.75, 3.05) is 0 Å². The SMILES string of the molecule is Cn1cnc2cc(C(N)C3(C#N)CC3)ccc21. The molecular formula is C13H14N4. The van der Waals surface area contributed by atoms with E-state index in [2.05, 4.69) is 11.1 Å². The largest absolute Gasteiger partial charge is 0.334 e. The Morgan fingerprint density at radius 1 is 1.53 bits per heavy atom. The van der Waals surface area contributed by atoms with Crippen LogP contribution in [0.4, 0.5) is 0 Å². The van der Waals surface area contributed by atoms with Crippen LogP contribution in [0.15, 0.2) is 24.5 Å². The summed E-state index contributed by atoms with van der Waals surface area (Å²) in [4.78, 5) is 4.31. The third-order valence-corrected chi connectivity index (χ3v) is 3.72. The molecule has 4 heteroatoms. The van der Waals surface area contributed by atoms with E-state index in [0.717, 1.165) is 29.4 Å². The highest BCUT2D eigenvalue weighted by atomic mass is 15.0. The van der Waals surface area contributed by atoms with Crippen molar-refractivity contribution in [2.45, 2.75) is 18.9 Å². The van der Waals surface area contributed by atoms with E-state index in [4.69, 9.17) is 11.0 Å². The molecule has 1 heterocycles. The lowest BCUT2D eigenvalue weighted by Gasteiger charge is -2.16. The monoisotopic (exact) mass is 226 g/mol. The molecule has 1 fully saturated rings. The summed E-state index contributed by atoms with van der Waals surface area (Å²) in [6.45, 7) is 0. The van der Waals surface area contributed by atoms with E-state index in [-0.39, 0.29) is 11.5 Å². The highest BCUT2D eigenvalue weighted by molar-refractivity contribution is 5.76. The molecule has 0 aliphatic heterocycles. The number of rotatable bonds is 2. The van der Waals surface area contributed by atoms with Crippen molar-refractivity contribution in [1.82, 2.24) is 9.55 Å². The Morgan fingerprint density at radius 3 is 2.94 bits per heavy atom. The summed E-state index contributed by atoms with van der Waals surface area (Å²) in [5.74, 6) is 0. The zero-order valence-corrected chi connectivity index (χ0v) is 9.72. The van der Waals surface area contributed by atoms with Crippen molar-refractivity contribution in [3.63, 3.8) is 0 Å². The third kappa shape index (κ3) is 1.43. The molecule has 17 heavy (non-hydrogen) atoms. The molecule has 0 amide bonds. The summed E-state index contributed by atoms with van der Waals surface area (Å²) in [5.41, 5.74) is 8.89. The van der Waals surface area contributed by atoms with Crippen LogP contribution in [0.2, 0.25) is 0 Å². The Bertz CT molecular complexity index is 616. The molecular weight excluding hydrogens is 212 g/mol. The van der Waals surface area contributed by atoms with Gasteiger partial charge in [0.25, 0.3) is 0 Å². The number of aryl methyl sites for hydroxylation is 1. The minimum absolute atomic E-state index is 0.195. The Hall–Kier alpha value is -1.86. The average Bonchev–Trinajstić information content (AvgIpc) is 3.08. The molecule has 86 valence electrons. The lowest BCUT2D eigenvalue weighted by Crippen LogP contribution is -2.21. The number of fused-ring (bicyclic) bond motifs is 1. The van der Waals surface area contributed by atoms with Crippen LogP contribution in [-0.2, 0) is 7.05 Å². The van der Waals surface area contributed by atoms with Gasteiger partial charge in [0.2, 0.25) is 0 Å². The predicted octanol–water partition coefficient (Wildman–Crippen LogP) is 1.88. The summed E-state index contributed by atoms with van der Waals surface area (Å²) >= 11 is 0. The molecule has 3 rings (SSSR count). The summed E-state index contributed by atoms with van der Waals surface area (Å²) < 4.78 is 1.97. The maximum Gasteiger partial charge on any atom is 0.0955 e. The first-order valence-corrected chi connectivity index (χ1v) is 5.74. The van der Waals surface area contributed by atoms with Crippen molar-refractivity contribution in [1.29, 1.82) is 5.26 Å². The average molecular weight is 226 g/mol. The molecule has 1 aromatic carbocycles. The van der Waals surface area contributed by atoms with Crippen molar-refractivity contribution < 1.29 is 0 Å². The zero-order valence-electron chi connectivity index (χ0n) is 9.72. The Labute approximate surface area is 99.7 Å². The number of imidazole rings is 1. The van der Waals surface area contributed by atoms with Crippen molar-refractivity contribution in [2.24, 2.45) is 18.2 Å². The molecule has 4 nitrogen and oxygen atoms in total. The molecule has 1 unspecified atom stereocenters. The predicted molar refractivity (Wildman–Crippen MR) is 64.9 cm³/mol. The number of hydrogen-bond acceptors (Lipinski definition) is 3. The van der Waals surface area contributed by atoms with E-state index in [9.17, 15) is 0 Å². The maximum atomic E-state index is 9.16. The van der Waals surface area contributed by atoms with Crippen LogP contribution >= 0.6 is 0 Å². The standard InChI is InChI=1S/C13H14N4/c1-17-8-16-10-6-9(2-3-11(10)17)12(15)13(7-14)4-5-13/h2-3,6,8,12H,4-5,15H2,1H3. The second kappa shape index (κ2) is 3.31. The van der Waals surface area contributed by atoms with Crippen LogP contribution in [0.5, 0.6) is 0 Å². The number of aromatic nitrogens is 2. The highest BCUT2D eigenvalue weighted by Gasteiger charge is 2.49. The number of nitrogens with two attached hydrogens (primary N) is 1. The van der Waals surface area contributed by atoms with Crippen molar-refractivity contribution in [3.8, 4) is 6.07 Å². The van der Waals surface area contributed by atoms with E-state index in [0.29, 0.717) is 0 Å². The fourth-order valence-corrected chi connectivity index (χ4v) is 2.29. The van der Waals surface area contributed by atoms with Gasteiger partial charge in [0, 0.05) is 13.1 Å². The van der Waals surface area contributed by atoms with Gasteiger partial charge >= 0.3 is 0 Å². The van der Waals surface area contributed by atoms with E-state index < -0.39 is 0 Å². The quantitative estimate of drug-likeness (QED) is 0.850. The summed E-state index contributed by atoms with van der Waals surface area (Å²) in [6, 6.07) is 8.18. The van der Waals surface area contributed by atoms with Gasteiger partial charge in [-0.1, -0.05) is 6.07 Å². The van der Waals surface area contributed by atoms with E-state index in [1.807, 2.05) is 29.8 Å². The van der Waals surface area contributed by atoms with Crippen molar-refractivity contribution in [3.05, 3.63) is 30.1 Å². The van der Waals surface area contributed by atoms with Gasteiger partial charge in [-0.05, 0) is 30.5 Å². The molecule has 1 aromatic heterocycles. The van der Waals surface area contributed by atoms with Crippen LogP contribution < -0.4 is 5.73 Å². The van der Waals surface area contributed by atoms with E-state index in [1.54, 1.807) is 6.33 Å². The van der Waals surface area contributed by atoms with Crippen LogP contribution in [0.25, 0.3) is 11.0 Å². The van der Waals surface area contributed by atoms with Crippen LogP contribution in [0, 0.1) is 16.7 Å². The fourth-order valence-electron chi connectivity index (χ4n) is 2.29. The maximum absolute atomic E-state index is 9.16. The fraction of sp³-hybridized carbons (Fsp3) is 0.385. The minimum Gasteiger partial charge on any atom is -0.334 e. The van der Waals surface area contributed by atoms with Gasteiger partial charge in [0.05, 0.1) is 28.8 Å². The topological polar surface area (TPSA) is 67.6 Å². The first kappa shape index (κ1) is 10.3. The second-order valence-electron chi connectivity index (χ2n) is 4.85. The van der Waals surface area contributed by atoms with Gasteiger partial charge < -0.3 is 10.3 Å². The third-order valence-electron chi connectivity index (χ3n) is 3.72. The van der Waals surface area contributed by atoms with E-state index in [1.165, 1.54) is 0 Å². The lowest BCUT2D eigenvalue weighted by atomic mass is 9.92. The minimum atomic E-state index is -0.331. The number of benzene rings is 1. The molecule has 1 aliphatic rings. The molecule has 0 saturated heterocycles. The van der Waals surface area contributed by atoms with Gasteiger partial charge in [0.15, 0.2) is 0 Å². The van der Waals surface area contributed by atoms with Crippen LogP contribution in [-0.4, -0.2) is 9.55 Å². The molecule has 2 aromatic rings. The molecule has 0 bridgehead atoms. The Morgan fingerprint density at radius 2 is 2.29 bits per heavy atom. The number of hydrogen-bond donors (Lipinski definition) is 1. The summed E-state index contributed by atoms with van der Waals surface area (Å²) in [7, 11) is 1.96. The number of nitrogens with zero attached hydrogens (tertiary/aromatic N) is 3. The van der Waals surface area contributed by atoms with Gasteiger partial charge in [0.1, 0.15) is 0 Å². The normalized spacial score (nSPS) is 18.9. The molecule has 0 radical (unpaired) electrons. The Balaban J connectivity index is 2.04. The van der Waals surface area contributed by atoms with E-state index >= 15 is 0 Å². The molecule has 1 aliphatic carbocycles. The summed E-state index contributed by atoms with van der Waals surface area (Å²) in [5, 5.41) is 9.16. The van der Waals surface area contributed by atoms with Gasteiger partial charge in [-0.2, -0.15) is 5.26 Å². The highest BCUT2D eigenvalue weighted by Crippen LogP contribution is 2.53. The summed E-state index contributed by atoms with van der Waals surface area (Å²) in [6.07, 6.45) is 3.60. The smallest absolute Gasteiger partial charge is 0.0955 e. The molecule has 2 N–H and O–H groups in total. The lowest BCUT2D eigenvalue weighted by molar-refractivity contribution is 0.520. The second-order valence-corrected chi connectivity index (χ2v) is 4.85. The van der Waals surface area contributed by atoms with Crippen molar-refractivity contribution >= 4 is 11.0 Å². The number of nitriles is 1. The Kier molecular flexibility index (Phi) is 2.01. The molecule has 1 saturated carbocycles. The molecule has 1 atom stereocenters. The first-order valence-electron chi connectivity index (χ1n) is 5.74. The first-order chi connectivity index (χ1) is 8.16. The van der Waals surface area contributed by atoms with Gasteiger partial charge in [-0.15, -0.1) is 0 Å². The van der Waals surface area contributed by atoms with Crippen LogP contribution in [0.3, 0.4) is 0 Å². The van der Waals surface area contributed by atoms with Gasteiger partial charge in [-0.25, -0.2) is 4.98 Å².